The van der Waals surface area contributed by atoms with E-state index in [9.17, 15) is 4.79 Å². The lowest BCUT2D eigenvalue weighted by atomic mass is 10.2. The Hall–Kier alpha value is -1.56. The van der Waals surface area contributed by atoms with E-state index in [1.54, 1.807) is 10.9 Å². The Bertz CT molecular complexity index is 454. The highest BCUT2D eigenvalue weighted by molar-refractivity contribution is 5.76. The molecular weight excluding hydrogens is 242 g/mol. The van der Waals surface area contributed by atoms with Crippen LogP contribution in [0.15, 0.2) is 12.4 Å². The summed E-state index contributed by atoms with van der Waals surface area (Å²) in [4.78, 5) is 11.7. The lowest BCUT2D eigenvalue weighted by Crippen LogP contribution is -2.29. The average molecular weight is 263 g/mol. The number of anilines is 1. The molecule has 1 heterocycles. The van der Waals surface area contributed by atoms with Crippen molar-refractivity contribution in [2.45, 2.75) is 56.8 Å². The van der Waals surface area contributed by atoms with Gasteiger partial charge in [0.25, 0.3) is 0 Å². The molecule has 104 valence electrons. The predicted molar refractivity (Wildman–Crippen MR) is 72.6 cm³/mol. The van der Waals surface area contributed by atoms with Crippen molar-refractivity contribution >= 4 is 11.6 Å². The number of carbonyl (C=O) groups excluding carboxylic acids is 1. The Kier molecular flexibility index (Phi) is 3.42. The van der Waals surface area contributed by atoms with Gasteiger partial charge in [0.1, 0.15) is 6.54 Å². The molecule has 0 spiro atoms. The van der Waals surface area contributed by atoms with Crippen molar-refractivity contribution < 1.29 is 4.79 Å². The fourth-order valence-electron chi connectivity index (χ4n) is 2.56. The molecular formula is C13H21N5O. The van der Waals surface area contributed by atoms with E-state index in [4.69, 9.17) is 5.73 Å². The second-order valence-corrected chi connectivity index (χ2v) is 5.68. The third kappa shape index (κ3) is 3.47. The minimum Gasteiger partial charge on any atom is -0.380 e. The molecule has 0 aromatic carbocycles. The molecule has 1 aromatic heterocycles. The van der Waals surface area contributed by atoms with Crippen LogP contribution in [0.4, 0.5) is 5.69 Å². The number of carbonyl (C=O) groups is 1. The van der Waals surface area contributed by atoms with Crippen molar-refractivity contribution in [2.75, 3.05) is 5.32 Å². The number of nitrogens with two attached hydrogens (primary N) is 1. The molecule has 2 saturated carbocycles. The maximum absolute atomic E-state index is 11.7. The first-order valence-electron chi connectivity index (χ1n) is 7.03. The number of nitrogens with one attached hydrogen (secondary N) is 2. The van der Waals surface area contributed by atoms with Crippen LogP contribution < -0.4 is 16.4 Å². The monoisotopic (exact) mass is 263 g/mol. The molecule has 6 nitrogen and oxygen atoms in total. The van der Waals surface area contributed by atoms with Gasteiger partial charge in [-0.25, -0.2) is 0 Å². The van der Waals surface area contributed by atoms with E-state index in [2.05, 4.69) is 15.7 Å². The highest BCUT2D eigenvalue weighted by Gasteiger charge is 2.24. The molecule has 1 amide bonds. The summed E-state index contributed by atoms with van der Waals surface area (Å²) in [7, 11) is 0. The lowest BCUT2D eigenvalue weighted by Gasteiger charge is -2.11. The third-order valence-electron chi connectivity index (χ3n) is 3.73. The summed E-state index contributed by atoms with van der Waals surface area (Å²) < 4.78 is 1.68. The Balaban J connectivity index is 1.49. The highest BCUT2D eigenvalue weighted by Crippen LogP contribution is 2.21. The van der Waals surface area contributed by atoms with Crippen LogP contribution in [0.1, 0.15) is 32.1 Å². The maximum atomic E-state index is 11.7. The largest absolute Gasteiger partial charge is 0.380 e. The third-order valence-corrected chi connectivity index (χ3v) is 3.73. The first kappa shape index (κ1) is 12.5. The minimum atomic E-state index is 0.0417. The summed E-state index contributed by atoms with van der Waals surface area (Å²) in [5.74, 6) is 0.0417. The van der Waals surface area contributed by atoms with E-state index < -0.39 is 0 Å². The molecule has 1 aromatic rings. The molecule has 0 aliphatic heterocycles. The number of nitrogens with zero attached hydrogens (tertiary/aromatic N) is 2. The van der Waals surface area contributed by atoms with Gasteiger partial charge < -0.3 is 16.4 Å². The van der Waals surface area contributed by atoms with Gasteiger partial charge in [-0.1, -0.05) is 0 Å². The molecule has 2 atom stereocenters. The van der Waals surface area contributed by atoms with Gasteiger partial charge in [0.05, 0.1) is 11.9 Å². The van der Waals surface area contributed by atoms with E-state index in [-0.39, 0.29) is 5.91 Å². The lowest BCUT2D eigenvalue weighted by molar-refractivity contribution is -0.122. The normalized spacial score (nSPS) is 26.4. The first-order valence-corrected chi connectivity index (χ1v) is 7.03. The van der Waals surface area contributed by atoms with E-state index in [0.29, 0.717) is 24.7 Å². The molecule has 0 saturated heterocycles. The molecule has 2 aliphatic carbocycles. The summed E-state index contributed by atoms with van der Waals surface area (Å²) in [6.07, 6.45) is 9.07. The molecule has 2 aliphatic rings. The molecule has 6 heteroatoms. The minimum absolute atomic E-state index is 0.0417. The van der Waals surface area contributed by atoms with E-state index in [0.717, 1.165) is 37.8 Å². The molecule has 0 radical (unpaired) electrons. The standard InChI is InChI=1S/C13H21N5O/c14-9-1-2-11(5-9)16-12-6-15-18(7-12)8-13(19)17-10-3-4-10/h6-7,9-11,16H,1-5,8,14H2,(H,17,19). The van der Waals surface area contributed by atoms with Gasteiger partial charge in [0.15, 0.2) is 0 Å². The van der Waals surface area contributed by atoms with Gasteiger partial charge in [-0.2, -0.15) is 5.10 Å². The van der Waals surface area contributed by atoms with Crippen LogP contribution in [0.5, 0.6) is 0 Å². The number of hydrogen-bond donors (Lipinski definition) is 3. The Labute approximate surface area is 112 Å². The molecule has 2 fully saturated rings. The summed E-state index contributed by atoms with van der Waals surface area (Å²) in [5, 5.41) is 10.6. The van der Waals surface area contributed by atoms with Crippen molar-refractivity contribution in [1.29, 1.82) is 0 Å². The SMILES string of the molecule is NC1CCC(Nc2cnn(CC(=O)NC3CC3)c2)C1. The Morgan fingerprint density at radius 3 is 2.84 bits per heavy atom. The Morgan fingerprint density at radius 2 is 2.16 bits per heavy atom. The zero-order chi connectivity index (χ0) is 13.2. The van der Waals surface area contributed by atoms with Crippen LogP contribution in [-0.2, 0) is 11.3 Å². The van der Waals surface area contributed by atoms with Crippen molar-refractivity contribution in [3.05, 3.63) is 12.4 Å². The van der Waals surface area contributed by atoms with Crippen LogP contribution in [0.2, 0.25) is 0 Å². The number of aromatic nitrogens is 2. The van der Waals surface area contributed by atoms with Crippen LogP contribution >= 0.6 is 0 Å². The maximum Gasteiger partial charge on any atom is 0.241 e. The van der Waals surface area contributed by atoms with Gasteiger partial charge in [0, 0.05) is 24.3 Å². The fourth-order valence-corrected chi connectivity index (χ4v) is 2.56. The zero-order valence-corrected chi connectivity index (χ0v) is 11.0. The fraction of sp³-hybridized carbons (Fsp3) is 0.692. The predicted octanol–water partition coefficient (Wildman–Crippen LogP) is 0.453. The quantitative estimate of drug-likeness (QED) is 0.720. The number of amides is 1. The van der Waals surface area contributed by atoms with Crippen LogP contribution in [0.25, 0.3) is 0 Å². The number of rotatable bonds is 5. The summed E-state index contributed by atoms with van der Waals surface area (Å²) in [6.45, 7) is 0.294. The Morgan fingerprint density at radius 1 is 1.37 bits per heavy atom. The van der Waals surface area contributed by atoms with Crippen molar-refractivity contribution in [3.8, 4) is 0 Å². The molecule has 3 rings (SSSR count). The number of hydrogen-bond acceptors (Lipinski definition) is 4. The van der Waals surface area contributed by atoms with Gasteiger partial charge >= 0.3 is 0 Å². The summed E-state index contributed by atoms with van der Waals surface area (Å²) in [5.41, 5.74) is 6.86. The van der Waals surface area contributed by atoms with Crippen LogP contribution in [0.3, 0.4) is 0 Å². The highest BCUT2D eigenvalue weighted by atomic mass is 16.2. The van der Waals surface area contributed by atoms with E-state index in [1.807, 2.05) is 6.20 Å². The van der Waals surface area contributed by atoms with Crippen LogP contribution in [0, 0.1) is 0 Å². The van der Waals surface area contributed by atoms with E-state index >= 15 is 0 Å². The average Bonchev–Trinajstić information content (AvgIpc) is 2.90. The first-order chi connectivity index (χ1) is 9.19. The zero-order valence-electron chi connectivity index (χ0n) is 11.0. The van der Waals surface area contributed by atoms with Gasteiger partial charge in [-0.05, 0) is 32.1 Å². The molecule has 2 unspecified atom stereocenters. The molecule has 4 N–H and O–H groups in total. The molecule has 0 bridgehead atoms. The van der Waals surface area contributed by atoms with E-state index in [1.165, 1.54) is 0 Å². The smallest absolute Gasteiger partial charge is 0.241 e. The van der Waals surface area contributed by atoms with Gasteiger partial charge in [0.2, 0.25) is 5.91 Å². The van der Waals surface area contributed by atoms with Crippen LogP contribution in [-0.4, -0.2) is 33.8 Å². The van der Waals surface area contributed by atoms with Crippen molar-refractivity contribution in [2.24, 2.45) is 5.73 Å². The second kappa shape index (κ2) is 5.21. The van der Waals surface area contributed by atoms with Gasteiger partial charge in [-0.15, -0.1) is 0 Å². The van der Waals surface area contributed by atoms with Crippen molar-refractivity contribution in [1.82, 2.24) is 15.1 Å². The van der Waals surface area contributed by atoms with Gasteiger partial charge in [-0.3, -0.25) is 9.48 Å². The second-order valence-electron chi connectivity index (χ2n) is 5.68. The molecule has 19 heavy (non-hydrogen) atoms. The summed E-state index contributed by atoms with van der Waals surface area (Å²) in [6, 6.07) is 1.16. The van der Waals surface area contributed by atoms with Crippen molar-refractivity contribution in [3.63, 3.8) is 0 Å². The summed E-state index contributed by atoms with van der Waals surface area (Å²) >= 11 is 0. The topological polar surface area (TPSA) is 85.0 Å².